The number of aldehydes is 1. The van der Waals surface area contributed by atoms with Crippen LogP contribution in [0.3, 0.4) is 0 Å². The summed E-state index contributed by atoms with van der Waals surface area (Å²) < 4.78 is 26.4. The predicted octanol–water partition coefficient (Wildman–Crippen LogP) is 5.20. The summed E-state index contributed by atoms with van der Waals surface area (Å²) in [7, 11) is 1.41. The third-order valence-electron chi connectivity index (χ3n) is 10.2. The number of halogens is 1. The highest BCUT2D eigenvalue weighted by Crippen LogP contribution is 2.46. The summed E-state index contributed by atoms with van der Waals surface area (Å²) in [5, 5.41) is 6.38. The van der Waals surface area contributed by atoms with Crippen molar-refractivity contribution in [2.75, 3.05) is 13.7 Å². The Morgan fingerprint density at radius 3 is 2.26 bits per heavy atom. The molecular weight excluding hydrogens is 499 g/mol. The van der Waals surface area contributed by atoms with Crippen LogP contribution in [0.15, 0.2) is 12.1 Å². The third-order valence-corrected chi connectivity index (χ3v) is 10.2. The van der Waals surface area contributed by atoms with Gasteiger partial charge in [-0.15, -0.1) is 0 Å². The average Bonchev–Trinajstić information content (AvgIpc) is 2.93. The minimum atomic E-state index is -0.592. The highest BCUT2D eigenvalue weighted by Gasteiger charge is 2.48. The van der Waals surface area contributed by atoms with Crippen molar-refractivity contribution in [2.45, 2.75) is 96.6 Å². The van der Waals surface area contributed by atoms with Crippen molar-refractivity contribution < 1.29 is 28.2 Å². The summed E-state index contributed by atoms with van der Waals surface area (Å²) in [5.41, 5.74) is 0.0238. The Morgan fingerprint density at radius 1 is 1.00 bits per heavy atom. The number of carbonyl (C=O) groups is 3. The van der Waals surface area contributed by atoms with Gasteiger partial charge in [-0.3, -0.25) is 9.59 Å². The molecule has 0 saturated heterocycles. The molecule has 8 heteroatoms. The fourth-order valence-corrected chi connectivity index (χ4v) is 7.28. The van der Waals surface area contributed by atoms with E-state index in [1.807, 2.05) is 6.92 Å². The van der Waals surface area contributed by atoms with Crippen molar-refractivity contribution in [1.82, 2.24) is 10.6 Å². The standard InChI is InChI=1S/C31H43FN2O5/c1-30(11-4-12-30)17-33-29(37)26-19-5-7-20(8-6-19)27(26)34-28(36)22-15-25(23(32)16-24(22)38-3)39-21-9-13-31(2,18-35)14-10-21/h15-16,18-21,26-27H,4-14,17H2,1-3H3,(H,33,37)(H,34,36)/t19?,20?,21-,26-,27+,31+/m0/s1. The van der Waals surface area contributed by atoms with Crippen LogP contribution >= 0.6 is 0 Å². The van der Waals surface area contributed by atoms with Crippen LogP contribution in [0.4, 0.5) is 4.39 Å². The minimum Gasteiger partial charge on any atom is -0.496 e. The second-order valence-corrected chi connectivity index (χ2v) is 13.2. The first-order valence-corrected chi connectivity index (χ1v) is 14.7. The Bertz CT molecular complexity index is 1090. The summed E-state index contributed by atoms with van der Waals surface area (Å²) in [4.78, 5) is 38.5. The Hall–Kier alpha value is -2.64. The molecule has 214 valence electrons. The molecule has 5 aliphatic carbocycles. The average molecular weight is 543 g/mol. The molecule has 0 radical (unpaired) electrons. The number of amides is 2. The SMILES string of the molecule is COc1cc(F)c(O[C@H]2CC[C@@](C)(C=O)CC2)cc1C(=O)N[C@@H]1C2CCC(CC2)[C@@H]1C(=O)NCC1(C)CCC1. The van der Waals surface area contributed by atoms with E-state index in [9.17, 15) is 18.8 Å². The van der Waals surface area contributed by atoms with E-state index in [0.717, 1.165) is 44.8 Å². The van der Waals surface area contributed by atoms with Gasteiger partial charge in [-0.1, -0.05) is 20.3 Å². The first kappa shape index (κ1) is 27.9. The highest BCUT2D eigenvalue weighted by molar-refractivity contribution is 5.98. The van der Waals surface area contributed by atoms with E-state index in [-0.39, 0.29) is 69.6 Å². The van der Waals surface area contributed by atoms with Gasteiger partial charge in [0, 0.05) is 24.1 Å². The van der Waals surface area contributed by atoms with E-state index in [4.69, 9.17) is 9.47 Å². The van der Waals surface area contributed by atoms with Crippen molar-refractivity contribution in [3.8, 4) is 11.5 Å². The van der Waals surface area contributed by atoms with Crippen LogP contribution in [0.1, 0.15) is 94.8 Å². The van der Waals surface area contributed by atoms with Crippen LogP contribution < -0.4 is 20.1 Å². The van der Waals surface area contributed by atoms with Gasteiger partial charge in [-0.05, 0) is 87.5 Å². The molecular formula is C31H43FN2O5. The lowest BCUT2D eigenvalue weighted by Crippen LogP contribution is -2.58. The molecule has 0 heterocycles. The molecule has 6 rings (SSSR count). The number of methoxy groups -OCH3 is 1. The Labute approximate surface area is 231 Å². The number of fused-ring (bicyclic) bond motifs is 3. The maximum atomic E-state index is 15.0. The number of carbonyl (C=O) groups excluding carboxylic acids is 3. The van der Waals surface area contributed by atoms with Crippen molar-refractivity contribution in [1.29, 1.82) is 0 Å². The van der Waals surface area contributed by atoms with Gasteiger partial charge in [0.2, 0.25) is 5.91 Å². The maximum absolute atomic E-state index is 15.0. The van der Waals surface area contributed by atoms with E-state index in [2.05, 4.69) is 17.6 Å². The van der Waals surface area contributed by atoms with Gasteiger partial charge in [0.15, 0.2) is 11.6 Å². The number of benzene rings is 1. The monoisotopic (exact) mass is 542 g/mol. The lowest BCUT2D eigenvalue weighted by molar-refractivity contribution is -0.132. The summed E-state index contributed by atoms with van der Waals surface area (Å²) in [5.74, 6) is -0.555. The second-order valence-electron chi connectivity index (χ2n) is 13.2. The van der Waals surface area contributed by atoms with Gasteiger partial charge >= 0.3 is 0 Å². The number of hydrogen-bond donors (Lipinski definition) is 2. The predicted molar refractivity (Wildman–Crippen MR) is 145 cm³/mol. The topological polar surface area (TPSA) is 93.7 Å². The zero-order valence-corrected chi connectivity index (χ0v) is 23.5. The molecule has 0 aromatic heterocycles. The normalized spacial score (nSPS) is 33.0. The van der Waals surface area contributed by atoms with Gasteiger partial charge in [0.1, 0.15) is 12.0 Å². The summed E-state index contributed by atoms with van der Waals surface area (Å²) in [6.07, 6.45) is 10.9. The van der Waals surface area contributed by atoms with E-state index in [1.165, 1.54) is 25.7 Å². The number of hydrogen-bond acceptors (Lipinski definition) is 5. The van der Waals surface area contributed by atoms with Crippen molar-refractivity contribution in [2.24, 2.45) is 28.6 Å². The van der Waals surface area contributed by atoms with Crippen molar-refractivity contribution in [3.63, 3.8) is 0 Å². The van der Waals surface area contributed by atoms with E-state index in [1.54, 1.807) is 0 Å². The lowest BCUT2D eigenvalue weighted by Gasteiger charge is -2.48. The van der Waals surface area contributed by atoms with Crippen LogP contribution in [-0.2, 0) is 9.59 Å². The van der Waals surface area contributed by atoms with Crippen molar-refractivity contribution >= 4 is 18.1 Å². The molecule has 2 amide bonds. The molecule has 39 heavy (non-hydrogen) atoms. The second kappa shape index (κ2) is 11.1. The van der Waals surface area contributed by atoms with Crippen LogP contribution in [0, 0.1) is 34.4 Å². The van der Waals surface area contributed by atoms with E-state index >= 15 is 0 Å². The minimum absolute atomic E-state index is 0.00820. The maximum Gasteiger partial charge on any atom is 0.255 e. The van der Waals surface area contributed by atoms with Crippen LogP contribution in [-0.4, -0.2) is 43.9 Å². The zero-order valence-electron chi connectivity index (χ0n) is 23.5. The smallest absolute Gasteiger partial charge is 0.255 e. The molecule has 1 aromatic rings. The molecule has 7 nitrogen and oxygen atoms in total. The molecule has 0 aliphatic heterocycles. The van der Waals surface area contributed by atoms with E-state index in [0.29, 0.717) is 32.2 Å². The Kier molecular flexibility index (Phi) is 7.93. The molecule has 0 unspecified atom stereocenters. The van der Waals surface area contributed by atoms with Crippen LogP contribution in [0.5, 0.6) is 11.5 Å². The molecule has 0 spiro atoms. The molecule has 5 saturated carbocycles. The lowest BCUT2D eigenvalue weighted by atomic mass is 9.61. The largest absolute Gasteiger partial charge is 0.496 e. The van der Waals surface area contributed by atoms with Gasteiger partial charge in [-0.25, -0.2) is 4.39 Å². The molecule has 2 atom stereocenters. The molecule has 1 aromatic carbocycles. The quantitative estimate of drug-likeness (QED) is 0.418. The Balaban J connectivity index is 1.31. The zero-order chi connectivity index (χ0) is 27.8. The van der Waals surface area contributed by atoms with Crippen molar-refractivity contribution in [3.05, 3.63) is 23.5 Å². The molecule has 2 bridgehead atoms. The number of nitrogens with one attached hydrogen (secondary N) is 2. The molecule has 5 fully saturated rings. The Morgan fingerprint density at radius 2 is 1.67 bits per heavy atom. The fraction of sp³-hybridized carbons (Fsp3) is 0.710. The summed E-state index contributed by atoms with van der Waals surface area (Å²) >= 11 is 0. The first-order valence-electron chi connectivity index (χ1n) is 14.7. The first-order chi connectivity index (χ1) is 18.6. The molecule has 2 N–H and O–H groups in total. The van der Waals surface area contributed by atoms with Crippen LogP contribution in [0.2, 0.25) is 0 Å². The fourth-order valence-electron chi connectivity index (χ4n) is 7.28. The summed E-state index contributed by atoms with van der Waals surface area (Å²) in [6, 6.07) is 2.35. The van der Waals surface area contributed by atoms with Gasteiger partial charge in [0.25, 0.3) is 5.91 Å². The van der Waals surface area contributed by atoms with Gasteiger partial charge < -0.3 is 24.9 Å². The van der Waals surface area contributed by atoms with Gasteiger partial charge in [-0.2, -0.15) is 0 Å². The number of rotatable bonds is 9. The van der Waals surface area contributed by atoms with Gasteiger partial charge in [0.05, 0.1) is 24.7 Å². The number of ether oxygens (including phenoxy) is 2. The van der Waals surface area contributed by atoms with Crippen LogP contribution in [0.25, 0.3) is 0 Å². The highest BCUT2D eigenvalue weighted by atomic mass is 19.1. The third kappa shape index (κ3) is 5.80. The summed E-state index contributed by atoms with van der Waals surface area (Å²) in [6.45, 7) is 4.84. The molecule has 5 aliphatic rings. The van der Waals surface area contributed by atoms with E-state index < -0.39 is 5.82 Å².